The Balaban J connectivity index is 1.68. The summed E-state index contributed by atoms with van der Waals surface area (Å²) in [6.45, 7) is 0.716. The maximum Gasteiger partial charge on any atom is 0.240 e. The predicted molar refractivity (Wildman–Crippen MR) is 84.9 cm³/mol. The van der Waals surface area contributed by atoms with Crippen molar-refractivity contribution in [1.29, 1.82) is 0 Å². The van der Waals surface area contributed by atoms with Crippen molar-refractivity contribution in [2.45, 2.75) is 43.5 Å². The molecule has 1 fully saturated rings. The summed E-state index contributed by atoms with van der Waals surface area (Å²) in [4.78, 5) is 14.4. The second-order valence-electron chi connectivity index (χ2n) is 6.03. The molecule has 1 aliphatic carbocycles. The van der Waals surface area contributed by atoms with Crippen molar-refractivity contribution in [3.8, 4) is 0 Å². The van der Waals surface area contributed by atoms with Gasteiger partial charge in [0.2, 0.25) is 5.91 Å². The molecule has 2 aliphatic rings. The molecule has 0 saturated carbocycles. The molecule has 1 aromatic carbocycles. The summed E-state index contributed by atoms with van der Waals surface area (Å²) < 4.78 is 9.29. The Hall–Kier alpha value is -1.04. The maximum atomic E-state index is 12.6. The second kappa shape index (κ2) is 6.38. The summed E-state index contributed by atoms with van der Waals surface area (Å²) >= 11 is 0.771. The van der Waals surface area contributed by atoms with Gasteiger partial charge in [-0.05, 0) is 49.1 Å². The second-order valence-corrected chi connectivity index (χ2v) is 6.79. The van der Waals surface area contributed by atoms with Crippen LogP contribution in [0, 0.1) is 5.92 Å². The van der Waals surface area contributed by atoms with Crippen molar-refractivity contribution in [1.82, 2.24) is 4.90 Å². The van der Waals surface area contributed by atoms with Crippen LogP contribution in [0.4, 0.5) is 0 Å². The predicted octanol–water partition coefficient (Wildman–Crippen LogP) is 2.27. The Kier molecular flexibility index (Phi) is 4.52. The van der Waals surface area contributed by atoms with E-state index in [1.807, 2.05) is 6.07 Å². The van der Waals surface area contributed by atoms with Crippen LogP contribution in [0.5, 0.6) is 0 Å². The number of likely N-dealkylation sites (tertiary alicyclic amines) is 1. The van der Waals surface area contributed by atoms with Crippen molar-refractivity contribution >= 4 is 17.9 Å². The molecule has 1 heterocycles. The van der Waals surface area contributed by atoms with Crippen molar-refractivity contribution < 1.29 is 9.35 Å². The third-order valence-electron chi connectivity index (χ3n) is 4.78. The van der Waals surface area contributed by atoms with Gasteiger partial charge in [-0.1, -0.05) is 24.3 Å². The molecule has 5 heteroatoms. The largest absolute Gasteiger partial charge is 0.328 e. The Morgan fingerprint density at radius 1 is 1.33 bits per heavy atom. The fourth-order valence-electron chi connectivity index (χ4n) is 3.52. The van der Waals surface area contributed by atoms with E-state index in [0.29, 0.717) is 6.54 Å². The molecule has 1 saturated heterocycles. The highest BCUT2D eigenvalue weighted by Gasteiger charge is 2.36. The number of benzene rings is 1. The topological polar surface area (TPSA) is 66.6 Å². The van der Waals surface area contributed by atoms with Crippen molar-refractivity contribution in [2.75, 3.05) is 6.54 Å². The van der Waals surface area contributed by atoms with E-state index < -0.39 is 6.04 Å². The average molecular weight is 306 g/mol. The number of nitrogens with two attached hydrogens (primary N) is 1. The van der Waals surface area contributed by atoms with Crippen LogP contribution in [0.2, 0.25) is 0 Å². The molecule has 0 spiro atoms. The van der Waals surface area contributed by atoms with E-state index in [9.17, 15) is 9.35 Å². The van der Waals surface area contributed by atoms with Gasteiger partial charge in [0.15, 0.2) is 0 Å². The minimum atomic E-state index is -0.453. The van der Waals surface area contributed by atoms with Gasteiger partial charge in [0.05, 0.1) is 6.04 Å². The number of carbonyl (C=O) groups is 1. The molecule has 21 heavy (non-hydrogen) atoms. The summed E-state index contributed by atoms with van der Waals surface area (Å²) in [7, 11) is 0. The van der Waals surface area contributed by atoms with Gasteiger partial charge < -0.3 is 15.2 Å². The fraction of sp³-hybridized carbons (Fsp3) is 0.562. The summed E-state index contributed by atoms with van der Waals surface area (Å²) in [5.41, 5.74) is 8.98. The Morgan fingerprint density at radius 2 is 2.10 bits per heavy atom. The van der Waals surface area contributed by atoms with Gasteiger partial charge in [0.1, 0.15) is 5.37 Å². The van der Waals surface area contributed by atoms with E-state index in [2.05, 4.69) is 18.2 Å². The summed E-state index contributed by atoms with van der Waals surface area (Å²) in [5.74, 6) is 0.209. The van der Waals surface area contributed by atoms with E-state index in [1.165, 1.54) is 11.1 Å². The van der Waals surface area contributed by atoms with Crippen molar-refractivity contribution in [3.63, 3.8) is 0 Å². The number of nitrogens with zero attached hydrogens (tertiary/aromatic N) is 1. The van der Waals surface area contributed by atoms with Crippen LogP contribution in [-0.2, 0) is 17.6 Å². The standard InChI is InChI=1S/C16H22N2O2S/c17-15(16(19)18-9-3-6-14(18)21-20)13-8-7-11-4-1-2-5-12(11)10-13/h1-2,4-5,13-15,20H,3,6-10,17H2/t13?,14-,15+/m1/s1. The molecular weight excluding hydrogens is 284 g/mol. The molecule has 1 aromatic rings. The van der Waals surface area contributed by atoms with Gasteiger partial charge in [-0.3, -0.25) is 4.79 Å². The normalized spacial score (nSPS) is 26.5. The minimum Gasteiger partial charge on any atom is -0.328 e. The first kappa shape index (κ1) is 14.9. The number of amides is 1. The lowest BCUT2D eigenvalue weighted by Gasteiger charge is -2.32. The zero-order valence-corrected chi connectivity index (χ0v) is 12.9. The Morgan fingerprint density at radius 3 is 2.86 bits per heavy atom. The first-order chi connectivity index (χ1) is 10.2. The van der Waals surface area contributed by atoms with E-state index in [-0.39, 0.29) is 17.2 Å². The maximum absolute atomic E-state index is 12.6. The molecule has 114 valence electrons. The third kappa shape index (κ3) is 2.96. The van der Waals surface area contributed by atoms with Gasteiger partial charge in [-0.15, -0.1) is 0 Å². The van der Waals surface area contributed by atoms with Crippen molar-refractivity contribution in [3.05, 3.63) is 35.4 Å². The van der Waals surface area contributed by atoms with Gasteiger partial charge in [-0.2, -0.15) is 0 Å². The minimum absolute atomic E-state index is 0.00318. The van der Waals surface area contributed by atoms with E-state index in [0.717, 1.165) is 44.1 Å². The van der Waals surface area contributed by atoms with Gasteiger partial charge in [0.25, 0.3) is 0 Å². The lowest BCUT2D eigenvalue weighted by molar-refractivity contribution is -0.133. The van der Waals surface area contributed by atoms with Crippen molar-refractivity contribution in [2.24, 2.45) is 11.7 Å². The molecule has 4 nitrogen and oxygen atoms in total. The monoisotopic (exact) mass is 306 g/mol. The van der Waals surface area contributed by atoms with Crippen LogP contribution in [0.15, 0.2) is 24.3 Å². The lowest BCUT2D eigenvalue weighted by atomic mass is 9.80. The highest BCUT2D eigenvalue weighted by molar-refractivity contribution is 7.94. The van der Waals surface area contributed by atoms with E-state index in [4.69, 9.17) is 5.73 Å². The first-order valence-corrected chi connectivity index (χ1v) is 8.47. The molecule has 1 unspecified atom stereocenters. The Labute approximate surface area is 129 Å². The summed E-state index contributed by atoms with van der Waals surface area (Å²) in [6, 6.07) is 7.97. The number of carbonyl (C=O) groups excluding carboxylic acids is 1. The summed E-state index contributed by atoms with van der Waals surface area (Å²) in [6.07, 6.45) is 4.65. The first-order valence-electron chi connectivity index (χ1n) is 7.63. The zero-order chi connectivity index (χ0) is 14.8. The van der Waals surface area contributed by atoms with Crippen LogP contribution in [0.25, 0.3) is 0 Å². The molecule has 3 N–H and O–H groups in total. The van der Waals surface area contributed by atoms with Crippen LogP contribution in [0.1, 0.15) is 30.4 Å². The van der Waals surface area contributed by atoms with E-state index in [1.54, 1.807) is 4.90 Å². The molecule has 3 rings (SSSR count). The van der Waals surface area contributed by atoms with Gasteiger partial charge in [0, 0.05) is 18.6 Å². The molecule has 0 bridgehead atoms. The smallest absolute Gasteiger partial charge is 0.240 e. The number of hydrogen-bond donors (Lipinski definition) is 2. The van der Waals surface area contributed by atoms with Crippen LogP contribution >= 0.6 is 12.0 Å². The quantitative estimate of drug-likeness (QED) is 0.841. The number of aryl methyl sites for hydroxylation is 1. The average Bonchev–Trinajstić information content (AvgIpc) is 3.01. The molecule has 3 atom stereocenters. The SMILES string of the molecule is N[C@H](C(=O)N1CCC[C@H]1SO)C1CCc2ccccc2C1. The van der Waals surface area contributed by atoms with Crippen LogP contribution in [-0.4, -0.2) is 33.3 Å². The van der Waals surface area contributed by atoms with Gasteiger partial charge >= 0.3 is 0 Å². The number of hydrogen-bond acceptors (Lipinski definition) is 4. The molecule has 0 aromatic heterocycles. The van der Waals surface area contributed by atoms with Crippen LogP contribution < -0.4 is 5.73 Å². The van der Waals surface area contributed by atoms with E-state index >= 15 is 0 Å². The molecule has 0 radical (unpaired) electrons. The van der Waals surface area contributed by atoms with Crippen LogP contribution in [0.3, 0.4) is 0 Å². The highest BCUT2D eigenvalue weighted by atomic mass is 32.2. The Bertz CT molecular complexity index is 523. The zero-order valence-electron chi connectivity index (χ0n) is 12.1. The third-order valence-corrected chi connectivity index (χ3v) is 5.51. The molecular formula is C16H22N2O2S. The highest BCUT2D eigenvalue weighted by Crippen LogP contribution is 2.30. The van der Waals surface area contributed by atoms with Gasteiger partial charge in [-0.25, -0.2) is 0 Å². The molecule has 1 amide bonds. The molecule has 1 aliphatic heterocycles. The lowest BCUT2D eigenvalue weighted by Crippen LogP contribution is -2.49. The number of rotatable bonds is 3. The fourth-order valence-corrected chi connectivity index (χ4v) is 4.12. The number of fused-ring (bicyclic) bond motifs is 1. The summed E-state index contributed by atoms with van der Waals surface area (Å²) in [5, 5.41) is -0.112.